The van der Waals surface area contributed by atoms with Crippen LogP contribution in [0.25, 0.3) is 0 Å². The molecule has 0 spiro atoms. The van der Waals surface area contributed by atoms with Gasteiger partial charge in [-0.15, -0.1) is 0 Å². The zero-order valence-corrected chi connectivity index (χ0v) is 21.2. The molecule has 0 bridgehead atoms. The average molecular weight is 509 g/mol. The molecule has 0 saturated carbocycles. The minimum absolute atomic E-state index is 0.149. The molecule has 2 N–H and O–H groups in total. The number of carbonyl (C=O) groups excluding carboxylic acids is 2. The van der Waals surface area contributed by atoms with Gasteiger partial charge < -0.3 is 14.2 Å². The van der Waals surface area contributed by atoms with Crippen LogP contribution in [0.1, 0.15) is 36.1 Å². The summed E-state index contributed by atoms with van der Waals surface area (Å²) in [6.45, 7) is 4.44. The Hall–Kier alpha value is -4.78. The molecule has 7 nitrogen and oxygen atoms in total. The maximum absolute atomic E-state index is 12.6. The molecule has 0 atom stereocenters. The molecule has 4 aromatic rings. The summed E-state index contributed by atoms with van der Waals surface area (Å²) in [6, 6.07) is 30.1. The SMILES string of the molecule is CC1(C)c2cccc(NC(=O)OCc3ccccc3)c2Oc2c(NC(=O)OCc3ccccc3)cccc21. The number of rotatable bonds is 6. The highest BCUT2D eigenvalue weighted by molar-refractivity contribution is 5.90. The number of hydrogen-bond donors (Lipinski definition) is 2. The van der Waals surface area contributed by atoms with Gasteiger partial charge in [-0.25, -0.2) is 9.59 Å². The quantitative estimate of drug-likeness (QED) is 0.280. The zero-order valence-electron chi connectivity index (χ0n) is 21.2. The van der Waals surface area contributed by atoms with Gasteiger partial charge in [0.05, 0.1) is 11.4 Å². The van der Waals surface area contributed by atoms with Crippen LogP contribution in [-0.2, 0) is 28.1 Å². The Morgan fingerprint density at radius 2 is 1.05 bits per heavy atom. The largest absolute Gasteiger partial charge is 0.452 e. The Morgan fingerprint density at radius 3 is 1.47 bits per heavy atom. The van der Waals surface area contributed by atoms with Crippen molar-refractivity contribution in [1.29, 1.82) is 0 Å². The van der Waals surface area contributed by atoms with E-state index in [2.05, 4.69) is 24.5 Å². The molecular weight excluding hydrogens is 480 g/mol. The van der Waals surface area contributed by atoms with Crippen LogP contribution in [0, 0.1) is 0 Å². The molecular formula is C31H28N2O5. The van der Waals surface area contributed by atoms with Crippen LogP contribution in [-0.4, -0.2) is 12.2 Å². The number of ether oxygens (including phenoxy) is 3. The summed E-state index contributed by atoms with van der Waals surface area (Å²) in [5.74, 6) is 0.988. The summed E-state index contributed by atoms with van der Waals surface area (Å²) in [7, 11) is 0. The lowest BCUT2D eigenvalue weighted by Crippen LogP contribution is -2.26. The van der Waals surface area contributed by atoms with E-state index in [0.717, 1.165) is 22.3 Å². The Morgan fingerprint density at radius 1 is 0.632 bits per heavy atom. The molecule has 1 aliphatic heterocycles. The number of anilines is 2. The molecule has 0 aliphatic carbocycles. The van der Waals surface area contributed by atoms with Crippen molar-refractivity contribution in [3.05, 3.63) is 119 Å². The Balaban J connectivity index is 1.35. The molecule has 1 heterocycles. The Labute approximate surface area is 221 Å². The van der Waals surface area contributed by atoms with Crippen molar-refractivity contribution in [3.63, 3.8) is 0 Å². The fraction of sp³-hybridized carbons (Fsp3) is 0.161. The maximum Gasteiger partial charge on any atom is 0.412 e. The van der Waals surface area contributed by atoms with Gasteiger partial charge in [-0.3, -0.25) is 10.6 Å². The standard InChI is InChI=1S/C31H28N2O5/c1-31(2)23-15-9-17-25(32-29(34)36-19-21-11-5-3-6-12-21)27(23)38-28-24(31)16-10-18-26(28)33-30(35)37-20-22-13-7-4-8-14-22/h3-18H,19-20H2,1-2H3,(H,32,34)(H,33,35). The Kier molecular flexibility index (Phi) is 7.00. The molecule has 0 aromatic heterocycles. The van der Waals surface area contributed by atoms with Crippen molar-refractivity contribution in [3.8, 4) is 11.5 Å². The number of nitrogens with one attached hydrogen (secondary N) is 2. The lowest BCUT2D eigenvalue weighted by Gasteiger charge is -2.36. The second-order valence-electron chi connectivity index (χ2n) is 9.47. The van der Waals surface area contributed by atoms with E-state index < -0.39 is 17.6 Å². The normalized spacial score (nSPS) is 12.8. The summed E-state index contributed by atoms with van der Waals surface area (Å²) in [4.78, 5) is 25.2. The smallest absolute Gasteiger partial charge is 0.412 e. The lowest BCUT2D eigenvalue weighted by atomic mass is 9.75. The summed E-state index contributed by atoms with van der Waals surface area (Å²) in [6.07, 6.45) is -1.18. The van der Waals surface area contributed by atoms with Gasteiger partial charge in [0.25, 0.3) is 0 Å². The van der Waals surface area contributed by atoms with Crippen LogP contribution in [0.4, 0.5) is 21.0 Å². The van der Waals surface area contributed by atoms with E-state index in [1.807, 2.05) is 84.9 Å². The van der Waals surface area contributed by atoms with Gasteiger partial charge in [-0.1, -0.05) is 98.8 Å². The van der Waals surface area contributed by atoms with E-state index in [1.54, 1.807) is 12.1 Å². The average Bonchev–Trinajstić information content (AvgIpc) is 2.93. The first-order valence-corrected chi connectivity index (χ1v) is 12.3. The molecule has 38 heavy (non-hydrogen) atoms. The molecule has 1 aliphatic rings. The van der Waals surface area contributed by atoms with E-state index in [0.29, 0.717) is 22.9 Å². The molecule has 0 fully saturated rings. The highest BCUT2D eigenvalue weighted by atomic mass is 16.6. The molecule has 0 saturated heterocycles. The fourth-order valence-corrected chi connectivity index (χ4v) is 4.46. The molecule has 7 heteroatoms. The van der Waals surface area contributed by atoms with Crippen LogP contribution in [0.5, 0.6) is 11.5 Å². The molecule has 4 aromatic carbocycles. The molecule has 192 valence electrons. The molecule has 2 amide bonds. The molecule has 0 unspecified atom stereocenters. The van der Waals surface area contributed by atoms with Crippen LogP contribution in [0.3, 0.4) is 0 Å². The summed E-state index contributed by atoms with van der Waals surface area (Å²) < 4.78 is 17.2. The van der Waals surface area contributed by atoms with E-state index >= 15 is 0 Å². The van der Waals surface area contributed by atoms with Gasteiger partial charge in [0.2, 0.25) is 0 Å². The monoisotopic (exact) mass is 508 g/mol. The topological polar surface area (TPSA) is 85.9 Å². The second kappa shape index (κ2) is 10.7. The minimum Gasteiger partial charge on any atom is -0.452 e. The predicted molar refractivity (Wildman–Crippen MR) is 146 cm³/mol. The van der Waals surface area contributed by atoms with Crippen LogP contribution in [0.2, 0.25) is 0 Å². The van der Waals surface area contributed by atoms with Crippen molar-refractivity contribution in [2.75, 3.05) is 10.6 Å². The van der Waals surface area contributed by atoms with Crippen molar-refractivity contribution in [1.82, 2.24) is 0 Å². The summed E-state index contributed by atoms with van der Waals surface area (Å²) in [5, 5.41) is 5.62. The van der Waals surface area contributed by atoms with Crippen LogP contribution < -0.4 is 15.4 Å². The summed E-state index contributed by atoms with van der Waals surface area (Å²) in [5.41, 5.74) is 4.05. The predicted octanol–water partition coefficient (Wildman–Crippen LogP) is 7.62. The first-order valence-electron chi connectivity index (χ1n) is 12.3. The van der Waals surface area contributed by atoms with Crippen LogP contribution in [0.15, 0.2) is 97.1 Å². The van der Waals surface area contributed by atoms with Gasteiger partial charge in [-0.2, -0.15) is 0 Å². The third-order valence-corrected chi connectivity index (χ3v) is 6.48. The van der Waals surface area contributed by atoms with Crippen molar-refractivity contribution in [2.45, 2.75) is 32.5 Å². The highest BCUT2D eigenvalue weighted by Crippen LogP contribution is 2.52. The van der Waals surface area contributed by atoms with Crippen LogP contribution >= 0.6 is 0 Å². The van der Waals surface area contributed by atoms with E-state index in [9.17, 15) is 9.59 Å². The third-order valence-electron chi connectivity index (χ3n) is 6.48. The molecule has 0 radical (unpaired) electrons. The highest BCUT2D eigenvalue weighted by Gasteiger charge is 2.37. The number of fused-ring (bicyclic) bond motifs is 2. The van der Waals surface area contributed by atoms with Gasteiger partial charge in [-0.05, 0) is 23.3 Å². The first kappa shape index (κ1) is 24.9. The lowest BCUT2D eigenvalue weighted by molar-refractivity contribution is 0.154. The van der Waals surface area contributed by atoms with Gasteiger partial charge in [0.15, 0.2) is 11.5 Å². The summed E-state index contributed by atoms with van der Waals surface area (Å²) >= 11 is 0. The number of carbonyl (C=O) groups is 2. The zero-order chi connectivity index (χ0) is 26.5. The number of para-hydroxylation sites is 2. The van der Waals surface area contributed by atoms with Gasteiger partial charge in [0.1, 0.15) is 13.2 Å². The van der Waals surface area contributed by atoms with Gasteiger partial charge >= 0.3 is 12.2 Å². The van der Waals surface area contributed by atoms with Crippen molar-refractivity contribution >= 4 is 23.6 Å². The molecule has 5 rings (SSSR count). The van der Waals surface area contributed by atoms with Gasteiger partial charge in [0, 0.05) is 16.5 Å². The van der Waals surface area contributed by atoms with E-state index in [4.69, 9.17) is 14.2 Å². The number of benzene rings is 4. The third kappa shape index (κ3) is 5.32. The van der Waals surface area contributed by atoms with E-state index in [1.165, 1.54) is 0 Å². The minimum atomic E-state index is -0.592. The number of hydrogen-bond acceptors (Lipinski definition) is 5. The Bertz CT molecular complexity index is 1340. The maximum atomic E-state index is 12.6. The van der Waals surface area contributed by atoms with E-state index in [-0.39, 0.29) is 13.2 Å². The second-order valence-corrected chi connectivity index (χ2v) is 9.47. The fourth-order valence-electron chi connectivity index (χ4n) is 4.46. The number of amides is 2. The van der Waals surface area contributed by atoms with Crippen molar-refractivity contribution < 1.29 is 23.8 Å². The first-order chi connectivity index (χ1) is 18.4. The van der Waals surface area contributed by atoms with Crippen molar-refractivity contribution in [2.24, 2.45) is 0 Å².